The van der Waals surface area contributed by atoms with Gasteiger partial charge in [0.2, 0.25) is 5.91 Å². The number of anilines is 1. The molecule has 0 aliphatic carbocycles. The average molecular weight is 429 g/mol. The van der Waals surface area contributed by atoms with Gasteiger partial charge in [0, 0.05) is 5.38 Å². The SMILES string of the molecule is Nc1nc(Cn2nnnc2CC(=O)NC2Cc3cccc(C(=O)O)c3OB2O)cs1. The highest BCUT2D eigenvalue weighted by Gasteiger charge is 2.37. The Balaban J connectivity index is 1.42. The molecule has 0 saturated heterocycles. The molecule has 1 aliphatic rings. The zero-order valence-corrected chi connectivity index (χ0v) is 16.2. The van der Waals surface area contributed by atoms with Gasteiger partial charge in [-0.2, -0.15) is 0 Å². The van der Waals surface area contributed by atoms with E-state index in [1.165, 1.54) is 22.1 Å². The van der Waals surface area contributed by atoms with E-state index in [9.17, 15) is 19.7 Å². The predicted octanol–water partition coefficient (Wildman–Crippen LogP) is -0.860. The third-order valence-corrected chi connectivity index (χ3v) is 5.22. The molecule has 0 bridgehead atoms. The third-order valence-electron chi connectivity index (χ3n) is 4.50. The molecule has 12 nitrogen and oxygen atoms in total. The first-order chi connectivity index (χ1) is 14.4. The number of carbonyl (C=O) groups excluding carboxylic acids is 1. The number of benzene rings is 1. The van der Waals surface area contributed by atoms with Crippen LogP contribution in [0.15, 0.2) is 23.6 Å². The highest BCUT2D eigenvalue weighted by atomic mass is 32.1. The van der Waals surface area contributed by atoms with Gasteiger partial charge in [0.05, 0.1) is 30.2 Å². The first kappa shape index (κ1) is 19.8. The molecule has 0 radical (unpaired) electrons. The summed E-state index contributed by atoms with van der Waals surface area (Å²) in [5.74, 6) is -1.91. The molecule has 1 amide bonds. The maximum Gasteiger partial charge on any atom is 0.547 e. The number of hydrogen-bond acceptors (Lipinski definition) is 10. The van der Waals surface area contributed by atoms with E-state index >= 15 is 0 Å². The highest BCUT2D eigenvalue weighted by molar-refractivity contribution is 7.13. The lowest BCUT2D eigenvalue weighted by Gasteiger charge is -2.28. The summed E-state index contributed by atoms with van der Waals surface area (Å²) >= 11 is 1.29. The second-order valence-electron chi connectivity index (χ2n) is 6.59. The number of nitrogen functional groups attached to an aromatic ring is 1. The third kappa shape index (κ3) is 4.09. The molecule has 1 unspecified atom stereocenters. The van der Waals surface area contributed by atoms with E-state index in [1.807, 2.05) is 0 Å². The zero-order valence-electron chi connectivity index (χ0n) is 15.4. The molecule has 14 heteroatoms. The number of carboxylic acids is 1. The van der Waals surface area contributed by atoms with Gasteiger partial charge in [-0.25, -0.2) is 14.5 Å². The van der Waals surface area contributed by atoms with Crippen LogP contribution in [-0.4, -0.2) is 60.3 Å². The van der Waals surface area contributed by atoms with Crippen molar-refractivity contribution in [3.05, 3.63) is 46.2 Å². The Bertz CT molecular complexity index is 1100. The number of thiazole rings is 1. The van der Waals surface area contributed by atoms with Gasteiger partial charge >= 0.3 is 13.1 Å². The number of carboxylic acid groups (broad SMARTS) is 1. The number of aromatic nitrogens is 5. The van der Waals surface area contributed by atoms with Crippen molar-refractivity contribution < 1.29 is 24.4 Å². The van der Waals surface area contributed by atoms with E-state index in [-0.39, 0.29) is 30.7 Å². The van der Waals surface area contributed by atoms with Gasteiger partial charge in [0.15, 0.2) is 11.0 Å². The van der Waals surface area contributed by atoms with Gasteiger partial charge in [-0.15, -0.1) is 16.4 Å². The fraction of sp³-hybridized carbons (Fsp3) is 0.250. The normalized spacial score (nSPS) is 15.4. The number of fused-ring (bicyclic) bond motifs is 1. The summed E-state index contributed by atoms with van der Waals surface area (Å²) in [6.07, 6.45) is 0.0876. The molecule has 154 valence electrons. The minimum Gasteiger partial charge on any atom is -0.534 e. The molecule has 1 aliphatic heterocycles. The summed E-state index contributed by atoms with van der Waals surface area (Å²) in [7, 11) is -1.39. The van der Waals surface area contributed by atoms with Crippen LogP contribution in [0.2, 0.25) is 0 Å². The number of tetrazole rings is 1. The number of hydrogen-bond donors (Lipinski definition) is 4. The van der Waals surface area contributed by atoms with Crippen molar-refractivity contribution in [2.45, 2.75) is 25.3 Å². The van der Waals surface area contributed by atoms with Crippen LogP contribution in [-0.2, 0) is 24.2 Å². The van der Waals surface area contributed by atoms with E-state index in [0.717, 1.165) is 0 Å². The first-order valence-corrected chi connectivity index (χ1v) is 9.73. The number of carbonyl (C=O) groups is 2. The standard InChI is InChI=1S/C16H16BN7O5S/c18-16-19-9(7-30-16)6-24-12(21-22-23-24)5-13(25)20-11-4-8-2-1-3-10(15(26)27)14(8)29-17(11)28/h1-3,7,11,28H,4-6H2,(H2,18,19)(H,20,25)(H,26,27). The van der Waals surface area contributed by atoms with Crippen molar-refractivity contribution in [2.24, 2.45) is 0 Å². The van der Waals surface area contributed by atoms with E-state index in [4.69, 9.17) is 10.4 Å². The Kier molecular flexibility index (Phi) is 5.33. The van der Waals surface area contributed by atoms with Crippen molar-refractivity contribution in [1.29, 1.82) is 0 Å². The Morgan fingerprint density at radius 3 is 3.00 bits per heavy atom. The number of nitrogens with zero attached hydrogens (tertiary/aromatic N) is 5. The quantitative estimate of drug-likeness (QED) is 0.360. The number of nitrogens with two attached hydrogens (primary N) is 1. The van der Waals surface area contributed by atoms with Gasteiger partial charge in [0.1, 0.15) is 5.75 Å². The van der Waals surface area contributed by atoms with Crippen molar-refractivity contribution in [3.63, 3.8) is 0 Å². The van der Waals surface area contributed by atoms with Gasteiger partial charge in [-0.05, 0) is 28.5 Å². The summed E-state index contributed by atoms with van der Waals surface area (Å²) in [6.45, 7) is 0.268. The first-order valence-electron chi connectivity index (χ1n) is 8.85. The minimum atomic E-state index is -1.39. The molecular weight excluding hydrogens is 413 g/mol. The van der Waals surface area contributed by atoms with Crippen molar-refractivity contribution in [1.82, 2.24) is 30.5 Å². The molecule has 1 atom stereocenters. The molecule has 4 rings (SSSR count). The summed E-state index contributed by atoms with van der Waals surface area (Å²) in [5, 5.41) is 35.7. The van der Waals surface area contributed by atoms with Gasteiger partial charge in [-0.1, -0.05) is 12.1 Å². The second-order valence-corrected chi connectivity index (χ2v) is 7.48. The Labute approximate surface area is 173 Å². The fourth-order valence-corrected chi connectivity index (χ4v) is 3.69. The molecule has 5 N–H and O–H groups in total. The predicted molar refractivity (Wildman–Crippen MR) is 105 cm³/mol. The molecule has 3 aromatic rings. The average Bonchev–Trinajstić information content (AvgIpc) is 3.30. The van der Waals surface area contributed by atoms with Crippen LogP contribution in [0.3, 0.4) is 0 Å². The Morgan fingerprint density at radius 1 is 1.43 bits per heavy atom. The molecule has 0 fully saturated rings. The number of nitrogens with one attached hydrogen (secondary N) is 1. The summed E-state index contributed by atoms with van der Waals surface area (Å²) in [4.78, 5) is 28.0. The maximum absolute atomic E-state index is 12.5. The Morgan fingerprint density at radius 2 is 2.27 bits per heavy atom. The fourth-order valence-electron chi connectivity index (χ4n) is 3.14. The van der Waals surface area contributed by atoms with Gasteiger partial charge in [-0.3, -0.25) is 4.79 Å². The lowest BCUT2D eigenvalue weighted by Crippen LogP contribution is -2.53. The number of amides is 1. The van der Waals surface area contributed by atoms with Crippen LogP contribution in [0.4, 0.5) is 5.13 Å². The molecule has 1 aromatic carbocycles. The molecular formula is C16H16BN7O5S. The molecule has 0 spiro atoms. The second kappa shape index (κ2) is 8.08. The number of para-hydroxylation sites is 1. The van der Waals surface area contributed by atoms with Crippen LogP contribution >= 0.6 is 11.3 Å². The van der Waals surface area contributed by atoms with Crippen LogP contribution < -0.4 is 15.7 Å². The smallest absolute Gasteiger partial charge is 0.534 e. The lowest BCUT2D eigenvalue weighted by atomic mass is 9.72. The van der Waals surface area contributed by atoms with Crippen molar-refractivity contribution >= 4 is 35.5 Å². The zero-order chi connectivity index (χ0) is 21.3. The Hall–Kier alpha value is -3.52. The molecule has 0 saturated carbocycles. The van der Waals surface area contributed by atoms with E-state index in [2.05, 4.69) is 25.8 Å². The largest absolute Gasteiger partial charge is 0.547 e. The summed E-state index contributed by atoms with van der Waals surface area (Å²) in [5.41, 5.74) is 6.83. The summed E-state index contributed by atoms with van der Waals surface area (Å²) < 4.78 is 6.81. The minimum absolute atomic E-state index is 0.0434. The lowest BCUT2D eigenvalue weighted by molar-refractivity contribution is -0.121. The van der Waals surface area contributed by atoms with E-state index < -0.39 is 24.9 Å². The monoisotopic (exact) mass is 429 g/mol. The highest BCUT2D eigenvalue weighted by Crippen LogP contribution is 2.30. The van der Waals surface area contributed by atoms with Crippen LogP contribution in [0.5, 0.6) is 5.75 Å². The maximum atomic E-state index is 12.5. The van der Waals surface area contributed by atoms with Gasteiger partial charge in [0.25, 0.3) is 0 Å². The van der Waals surface area contributed by atoms with Crippen LogP contribution in [0, 0.1) is 0 Å². The van der Waals surface area contributed by atoms with E-state index in [0.29, 0.717) is 22.2 Å². The van der Waals surface area contributed by atoms with Crippen LogP contribution in [0.25, 0.3) is 0 Å². The topological polar surface area (TPSA) is 178 Å². The van der Waals surface area contributed by atoms with Crippen molar-refractivity contribution in [2.75, 3.05) is 5.73 Å². The number of aromatic carboxylic acids is 1. The summed E-state index contributed by atoms with van der Waals surface area (Å²) in [6, 6.07) is 4.66. The van der Waals surface area contributed by atoms with E-state index in [1.54, 1.807) is 17.5 Å². The number of rotatable bonds is 6. The molecule has 3 heterocycles. The van der Waals surface area contributed by atoms with Crippen molar-refractivity contribution in [3.8, 4) is 5.75 Å². The van der Waals surface area contributed by atoms with Gasteiger partial charge < -0.3 is 25.8 Å². The van der Waals surface area contributed by atoms with Crippen LogP contribution in [0.1, 0.15) is 27.4 Å². The molecule has 2 aromatic heterocycles. The molecule has 30 heavy (non-hydrogen) atoms.